The molecule has 2 heterocycles. The van der Waals surface area contributed by atoms with E-state index in [0.717, 1.165) is 10.4 Å². The van der Waals surface area contributed by atoms with Crippen molar-refractivity contribution in [1.82, 2.24) is 9.47 Å². The molecule has 0 unspecified atom stereocenters. The van der Waals surface area contributed by atoms with Crippen molar-refractivity contribution in [2.75, 3.05) is 33.9 Å². The van der Waals surface area contributed by atoms with Crippen molar-refractivity contribution in [2.24, 2.45) is 10.9 Å². The maximum atomic E-state index is 13.0. The number of piperidine rings is 1. The second-order valence-corrected chi connectivity index (χ2v) is 10.5. The van der Waals surface area contributed by atoms with Gasteiger partial charge in [-0.1, -0.05) is 12.1 Å². The Morgan fingerprint density at radius 1 is 0.974 bits per heavy atom. The van der Waals surface area contributed by atoms with Crippen molar-refractivity contribution >= 4 is 29.1 Å². The van der Waals surface area contributed by atoms with Gasteiger partial charge in [-0.2, -0.15) is 4.99 Å². The van der Waals surface area contributed by atoms with Crippen LogP contribution in [-0.2, 0) is 16.1 Å². The van der Waals surface area contributed by atoms with Gasteiger partial charge in [0.05, 0.1) is 26.7 Å². The van der Waals surface area contributed by atoms with Gasteiger partial charge in [0.15, 0.2) is 16.3 Å². The number of aromatic nitrogens is 1. The van der Waals surface area contributed by atoms with Crippen LogP contribution in [-0.4, -0.2) is 61.2 Å². The van der Waals surface area contributed by atoms with Gasteiger partial charge in [0.2, 0.25) is 0 Å². The number of hydrogen-bond donors (Lipinski definition) is 0. The maximum Gasteiger partial charge on any atom is 0.309 e. The molecule has 2 aromatic carbocycles. The predicted octanol–water partition coefficient (Wildman–Crippen LogP) is 4.08. The van der Waals surface area contributed by atoms with Crippen LogP contribution in [0.3, 0.4) is 0 Å². The lowest BCUT2D eigenvalue weighted by atomic mass is 9.96. The average molecular weight is 552 g/mol. The van der Waals surface area contributed by atoms with Gasteiger partial charge >= 0.3 is 5.97 Å². The second kappa shape index (κ2) is 12.8. The summed E-state index contributed by atoms with van der Waals surface area (Å²) in [5.74, 6) is 0.275. The van der Waals surface area contributed by atoms with Gasteiger partial charge in [-0.05, 0) is 62.6 Å². The Labute approximate surface area is 231 Å². The first-order chi connectivity index (χ1) is 18.8. The highest BCUT2D eigenvalue weighted by atomic mass is 32.1. The highest BCUT2D eigenvalue weighted by Crippen LogP contribution is 2.28. The molecular weight excluding hydrogens is 518 g/mol. The molecule has 0 spiro atoms. The zero-order valence-corrected chi connectivity index (χ0v) is 23.5. The predicted molar refractivity (Wildman–Crippen MR) is 147 cm³/mol. The number of carbonyl (C=O) groups excluding carboxylic acids is 3. The Hall–Kier alpha value is -3.92. The van der Waals surface area contributed by atoms with Crippen LogP contribution in [0.5, 0.6) is 11.5 Å². The molecule has 1 saturated heterocycles. The first-order valence-corrected chi connectivity index (χ1v) is 13.7. The highest BCUT2D eigenvalue weighted by molar-refractivity contribution is 7.09. The largest absolute Gasteiger partial charge is 0.493 e. The third-order valence-electron chi connectivity index (χ3n) is 6.62. The number of likely N-dealkylation sites (tertiary alicyclic amines) is 1. The van der Waals surface area contributed by atoms with Crippen LogP contribution in [0.25, 0.3) is 0 Å². The van der Waals surface area contributed by atoms with Crippen molar-refractivity contribution in [2.45, 2.75) is 33.2 Å². The summed E-state index contributed by atoms with van der Waals surface area (Å²) in [6, 6.07) is 12.4. The van der Waals surface area contributed by atoms with E-state index >= 15 is 0 Å². The lowest BCUT2D eigenvalue weighted by molar-refractivity contribution is -0.149. The van der Waals surface area contributed by atoms with E-state index in [1.807, 2.05) is 42.0 Å². The normalized spacial score (nSPS) is 14.3. The number of hydrogen-bond acceptors (Lipinski definition) is 7. The Bertz CT molecular complexity index is 1400. The summed E-state index contributed by atoms with van der Waals surface area (Å²) < 4.78 is 17.6. The zero-order valence-electron chi connectivity index (χ0n) is 22.6. The number of rotatable bonds is 8. The van der Waals surface area contributed by atoms with Gasteiger partial charge in [0.25, 0.3) is 11.8 Å². The van der Waals surface area contributed by atoms with E-state index < -0.39 is 0 Å². The monoisotopic (exact) mass is 551 g/mol. The number of ether oxygens (including phenoxy) is 3. The molecule has 0 saturated carbocycles. The van der Waals surface area contributed by atoms with Crippen molar-refractivity contribution < 1.29 is 28.6 Å². The van der Waals surface area contributed by atoms with Crippen LogP contribution < -0.4 is 14.3 Å². The van der Waals surface area contributed by atoms with E-state index in [2.05, 4.69) is 4.99 Å². The van der Waals surface area contributed by atoms with E-state index in [1.54, 1.807) is 37.1 Å². The number of carbonyl (C=O) groups is 3. The van der Waals surface area contributed by atoms with Gasteiger partial charge in [-0.15, -0.1) is 11.3 Å². The van der Waals surface area contributed by atoms with Crippen LogP contribution in [0.1, 0.15) is 50.9 Å². The summed E-state index contributed by atoms with van der Waals surface area (Å²) >= 11 is 1.43. The van der Waals surface area contributed by atoms with E-state index in [1.165, 1.54) is 18.4 Å². The molecule has 0 atom stereocenters. The molecule has 3 aromatic rings. The smallest absolute Gasteiger partial charge is 0.309 e. The molecule has 1 aliphatic rings. The van der Waals surface area contributed by atoms with Gasteiger partial charge in [0, 0.05) is 41.8 Å². The minimum Gasteiger partial charge on any atom is -0.493 e. The Kier molecular flexibility index (Phi) is 9.19. The lowest BCUT2D eigenvalue weighted by Gasteiger charge is -2.31. The number of benzene rings is 2. The SMILES string of the molecule is CCOC(=O)C1CCN(C(=O)c2ccc(Cn3cc(C)sc3=NC(=O)c3ccc(OC)c(OC)c3)cc2)CC1. The summed E-state index contributed by atoms with van der Waals surface area (Å²) in [6.07, 6.45) is 3.19. The van der Waals surface area contributed by atoms with Crippen LogP contribution in [0.4, 0.5) is 0 Å². The van der Waals surface area contributed by atoms with Crippen molar-refractivity contribution in [3.63, 3.8) is 0 Å². The van der Waals surface area contributed by atoms with Crippen molar-refractivity contribution in [3.05, 3.63) is 75.0 Å². The second-order valence-electron chi connectivity index (χ2n) is 9.25. The van der Waals surface area contributed by atoms with E-state index in [4.69, 9.17) is 14.2 Å². The lowest BCUT2D eigenvalue weighted by Crippen LogP contribution is -2.40. The number of methoxy groups -OCH3 is 2. The molecule has 1 aliphatic heterocycles. The van der Waals surface area contributed by atoms with Crippen molar-refractivity contribution in [1.29, 1.82) is 0 Å². The molecule has 1 fully saturated rings. The Morgan fingerprint density at radius 3 is 2.28 bits per heavy atom. The third kappa shape index (κ3) is 6.75. The van der Waals surface area contributed by atoms with Crippen molar-refractivity contribution in [3.8, 4) is 11.5 Å². The number of amides is 2. The standard InChI is InChI=1S/C29H33N3O6S/c1-5-38-28(35)22-12-14-31(15-13-22)27(34)21-8-6-20(7-9-21)18-32-17-19(2)39-29(32)30-26(33)23-10-11-24(36-3)25(16-23)37-4/h6-11,16-17,22H,5,12-15,18H2,1-4H3. The summed E-state index contributed by atoms with van der Waals surface area (Å²) in [7, 11) is 3.06. The summed E-state index contributed by atoms with van der Waals surface area (Å²) in [5, 5.41) is 0. The van der Waals surface area contributed by atoms with Gasteiger partial charge in [-0.3, -0.25) is 14.4 Å². The van der Waals surface area contributed by atoms with Crippen LogP contribution in [0, 0.1) is 12.8 Å². The van der Waals surface area contributed by atoms with Crippen LogP contribution >= 0.6 is 11.3 Å². The molecule has 39 heavy (non-hydrogen) atoms. The van der Waals surface area contributed by atoms with Gasteiger partial charge in [0.1, 0.15) is 0 Å². The minimum absolute atomic E-state index is 0.0425. The maximum absolute atomic E-state index is 13.0. The first-order valence-electron chi connectivity index (χ1n) is 12.9. The van der Waals surface area contributed by atoms with E-state index in [0.29, 0.717) is 66.5 Å². The molecule has 1 aromatic heterocycles. The molecular formula is C29H33N3O6S. The number of thiazole rings is 1. The quantitative estimate of drug-likeness (QED) is 0.391. The molecule has 10 heteroatoms. The van der Waals surface area contributed by atoms with Crippen LogP contribution in [0.15, 0.2) is 53.7 Å². The van der Waals surface area contributed by atoms with Crippen LogP contribution in [0.2, 0.25) is 0 Å². The zero-order chi connectivity index (χ0) is 27.9. The molecule has 0 N–H and O–H groups in total. The van der Waals surface area contributed by atoms with E-state index in [9.17, 15) is 14.4 Å². The fourth-order valence-corrected chi connectivity index (χ4v) is 5.37. The van der Waals surface area contributed by atoms with Gasteiger partial charge < -0.3 is 23.7 Å². The molecule has 0 aliphatic carbocycles. The number of nitrogens with zero attached hydrogens (tertiary/aromatic N) is 3. The fourth-order valence-electron chi connectivity index (χ4n) is 4.54. The topological polar surface area (TPSA) is 99.4 Å². The molecule has 4 rings (SSSR count). The Morgan fingerprint density at radius 2 is 1.64 bits per heavy atom. The summed E-state index contributed by atoms with van der Waals surface area (Å²) in [4.78, 5) is 45.7. The molecule has 0 radical (unpaired) electrons. The minimum atomic E-state index is -0.376. The molecule has 9 nitrogen and oxygen atoms in total. The molecule has 2 amide bonds. The molecule has 0 bridgehead atoms. The summed E-state index contributed by atoms with van der Waals surface area (Å²) in [6.45, 7) is 5.71. The number of aryl methyl sites for hydroxylation is 1. The fraction of sp³-hybridized carbons (Fsp3) is 0.379. The third-order valence-corrected chi connectivity index (χ3v) is 7.55. The highest BCUT2D eigenvalue weighted by Gasteiger charge is 2.28. The summed E-state index contributed by atoms with van der Waals surface area (Å²) in [5.41, 5.74) is 1.98. The van der Waals surface area contributed by atoms with Gasteiger partial charge in [-0.25, -0.2) is 0 Å². The van der Waals surface area contributed by atoms with E-state index in [-0.39, 0.29) is 23.7 Å². The number of esters is 1. The molecule has 206 valence electrons. The first kappa shape index (κ1) is 28.1. The Balaban J connectivity index is 1.44. The average Bonchev–Trinajstić information content (AvgIpc) is 3.30.